The minimum Gasteiger partial charge on any atom is -0.490 e. The second-order valence-corrected chi connectivity index (χ2v) is 5.75. The molecular weight excluding hydrogens is 344 g/mol. The SMILES string of the molecule is O=C(O)C(=O)c1ccc(OCCOc2ccc(-c3ccccc3)cc2)cc1. The number of carbonyl (C=O) groups is 2. The van der Waals surface area contributed by atoms with Gasteiger partial charge in [-0.25, -0.2) is 4.79 Å². The Bertz CT molecular complexity index is 900. The van der Waals surface area contributed by atoms with E-state index in [9.17, 15) is 9.59 Å². The predicted octanol–water partition coefficient (Wildman–Crippen LogP) is 4.08. The van der Waals surface area contributed by atoms with Crippen molar-refractivity contribution in [2.45, 2.75) is 0 Å². The summed E-state index contributed by atoms with van der Waals surface area (Å²) < 4.78 is 11.2. The van der Waals surface area contributed by atoms with Crippen LogP contribution in [-0.4, -0.2) is 30.1 Å². The second kappa shape index (κ2) is 8.67. The van der Waals surface area contributed by atoms with E-state index >= 15 is 0 Å². The molecule has 5 nitrogen and oxygen atoms in total. The molecule has 0 atom stereocenters. The lowest BCUT2D eigenvalue weighted by Crippen LogP contribution is -2.12. The Labute approximate surface area is 156 Å². The van der Waals surface area contributed by atoms with Crippen molar-refractivity contribution in [3.05, 3.63) is 84.4 Å². The van der Waals surface area contributed by atoms with Crippen molar-refractivity contribution < 1.29 is 24.2 Å². The molecule has 0 bridgehead atoms. The van der Waals surface area contributed by atoms with E-state index in [2.05, 4.69) is 12.1 Å². The summed E-state index contributed by atoms with van der Waals surface area (Å²) in [5, 5.41) is 8.67. The highest BCUT2D eigenvalue weighted by atomic mass is 16.5. The maximum absolute atomic E-state index is 11.3. The van der Waals surface area contributed by atoms with Crippen LogP contribution >= 0.6 is 0 Å². The zero-order valence-corrected chi connectivity index (χ0v) is 14.5. The van der Waals surface area contributed by atoms with Crippen molar-refractivity contribution in [3.63, 3.8) is 0 Å². The van der Waals surface area contributed by atoms with Gasteiger partial charge in [-0.2, -0.15) is 0 Å². The Morgan fingerprint density at radius 3 is 1.67 bits per heavy atom. The van der Waals surface area contributed by atoms with Crippen molar-refractivity contribution in [1.82, 2.24) is 0 Å². The van der Waals surface area contributed by atoms with Crippen molar-refractivity contribution in [3.8, 4) is 22.6 Å². The molecule has 0 heterocycles. The Morgan fingerprint density at radius 2 is 1.15 bits per heavy atom. The summed E-state index contributed by atoms with van der Waals surface area (Å²) in [6.45, 7) is 0.688. The number of aliphatic carboxylic acids is 1. The van der Waals surface area contributed by atoms with Crippen LogP contribution in [-0.2, 0) is 4.79 Å². The Morgan fingerprint density at radius 1 is 0.667 bits per heavy atom. The molecular formula is C22H18O5. The number of Topliss-reactive ketones (excluding diaryl/α,β-unsaturated/α-hetero) is 1. The summed E-state index contributed by atoms with van der Waals surface area (Å²) in [6.07, 6.45) is 0. The maximum Gasteiger partial charge on any atom is 0.377 e. The summed E-state index contributed by atoms with van der Waals surface area (Å²) in [5.41, 5.74) is 2.39. The van der Waals surface area contributed by atoms with Gasteiger partial charge in [0, 0.05) is 5.56 Å². The molecule has 136 valence electrons. The van der Waals surface area contributed by atoms with E-state index in [4.69, 9.17) is 14.6 Å². The molecule has 0 aliphatic heterocycles. The highest BCUT2D eigenvalue weighted by molar-refractivity contribution is 6.39. The monoisotopic (exact) mass is 362 g/mol. The average molecular weight is 362 g/mol. The number of ketones is 1. The molecule has 0 unspecified atom stereocenters. The lowest BCUT2D eigenvalue weighted by molar-refractivity contribution is -0.131. The summed E-state index contributed by atoms with van der Waals surface area (Å²) in [7, 11) is 0. The van der Waals surface area contributed by atoms with Gasteiger partial charge in [0.25, 0.3) is 5.78 Å². The van der Waals surface area contributed by atoms with Crippen LogP contribution in [0.15, 0.2) is 78.9 Å². The summed E-state index contributed by atoms with van der Waals surface area (Å²) >= 11 is 0. The van der Waals surface area contributed by atoms with Crippen LogP contribution < -0.4 is 9.47 Å². The zero-order chi connectivity index (χ0) is 19.1. The standard InChI is InChI=1S/C22H18O5/c23-21(22(24)25)18-8-12-20(13-9-18)27-15-14-26-19-10-6-17(7-11-19)16-4-2-1-3-5-16/h1-13H,14-15H2,(H,24,25). The molecule has 0 saturated carbocycles. The highest BCUT2D eigenvalue weighted by Crippen LogP contribution is 2.22. The van der Waals surface area contributed by atoms with Gasteiger partial charge < -0.3 is 14.6 Å². The lowest BCUT2D eigenvalue weighted by Gasteiger charge is -2.09. The first-order valence-corrected chi connectivity index (χ1v) is 8.42. The normalized spacial score (nSPS) is 10.2. The molecule has 5 heteroatoms. The molecule has 3 aromatic carbocycles. The van der Waals surface area contributed by atoms with E-state index in [0.29, 0.717) is 19.0 Å². The number of benzene rings is 3. The molecule has 3 rings (SSSR count). The van der Waals surface area contributed by atoms with Crippen LogP contribution in [0.5, 0.6) is 11.5 Å². The van der Waals surface area contributed by atoms with Gasteiger partial charge in [-0.3, -0.25) is 4.79 Å². The molecule has 0 radical (unpaired) electrons. The third-order valence-corrected chi connectivity index (χ3v) is 3.89. The molecule has 1 N–H and O–H groups in total. The van der Waals surface area contributed by atoms with Crippen molar-refractivity contribution >= 4 is 11.8 Å². The molecule has 0 fully saturated rings. The van der Waals surface area contributed by atoms with E-state index in [1.807, 2.05) is 42.5 Å². The van der Waals surface area contributed by atoms with E-state index < -0.39 is 11.8 Å². The number of hydrogen-bond donors (Lipinski definition) is 1. The molecule has 0 saturated heterocycles. The molecule has 0 amide bonds. The molecule has 3 aromatic rings. The topological polar surface area (TPSA) is 72.8 Å². The Hall–Kier alpha value is -3.60. The second-order valence-electron chi connectivity index (χ2n) is 5.75. The fraction of sp³-hybridized carbons (Fsp3) is 0.0909. The van der Waals surface area contributed by atoms with Gasteiger partial charge in [0.1, 0.15) is 24.7 Å². The third kappa shape index (κ3) is 4.95. The Kier molecular flexibility index (Phi) is 5.84. The van der Waals surface area contributed by atoms with E-state index in [-0.39, 0.29) is 5.56 Å². The first kappa shape index (κ1) is 18.2. The third-order valence-electron chi connectivity index (χ3n) is 3.89. The highest BCUT2D eigenvalue weighted by Gasteiger charge is 2.13. The molecule has 0 spiro atoms. The number of ether oxygens (including phenoxy) is 2. The maximum atomic E-state index is 11.3. The van der Waals surface area contributed by atoms with E-state index in [1.165, 1.54) is 12.1 Å². The number of carboxylic acid groups (broad SMARTS) is 1. The van der Waals surface area contributed by atoms with Gasteiger partial charge in [0.15, 0.2) is 0 Å². The van der Waals surface area contributed by atoms with Crippen LogP contribution in [0, 0.1) is 0 Å². The van der Waals surface area contributed by atoms with Gasteiger partial charge in [0.05, 0.1) is 0 Å². The van der Waals surface area contributed by atoms with Crippen molar-refractivity contribution in [2.24, 2.45) is 0 Å². The van der Waals surface area contributed by atoms with Crippen LogP contribution in [0.4, 0.5) is 0 Å². The Balaban J connectivity index is 1.46. The predicted molar refractivity (Wildman–Crippen MR) is 101 cm³/mol. The van der Waals surface area contributed by atoms with Crippen LogP contribution in [0.3, 0.4) is 0 Å². The summed E-state index contributed by atoms with van der Waals surface area (Å²) in [5.74, 6) is -1.13. The minimum absolute atomic E-state index is 0.115. The number of hydrogen-bond acceptors (Lipinski definition) is 4. The van der Waals surface area contributed by atoms with E-state index in [0.717, 1.165) is 16.9 Å². The van der Waals surface area contributed by atoms with Gasteiger partial charge in [0.2, 0.25) is 0 Å². The minimum atomic E-state index is -1.48. The first-order valence-electron chi connectivity index (χ1n) is 8.42. The van der Waals surface area contributed by atoms with Gasteiger partial charge in [-0.1, -0.05) is 42.5 Å². The van der Waals surface area contributed by atoms with Gasteiger partial charge in [-0.05, 0) is 47.5 Å². The average Bonchev–Trinajstić information content (AvgIpc) is 2.72. The van der Waals surface area contributed by atoms with Crippen molar-refractivity contribution in [2.75, 3.05) is 13.2 Å². The van der Waals surface area contributed by atoms with Crippen molar-refractivity contribution in [1.29, 1.82) is 0 Å². The van der Waals surface area contributed by atoms with Crippen LogP contribution in [0.1, 0.15) is 10.4 Å². The molecule has 0 aromatic heterocycles. The molecule has 27 heavy (non-hydrogen) atoms. The van der Waals surface area contributed by atoms with Crippen LogP contribution in [0.2, 0.25) is 0 Å². The van der Waals surface area contributed by atoms with Crippen LogP contribution in [0.25, 0.3) is 11.1 Å². The van der Waals surface area contributed by atoms with E-state index in [1.54, 1.807) is 12.1 Å². The summed E-state index contributed by atoms with van der Waals surface area (Å²) in [4.78, 5) is 22.0. The van der Waals surface area contributed by atoms with Gasteiger partial charge >= 0.3 is 5.97 Å². The fourth-order valence-corrected chi connectivity index (χ4v) is 2.52. The van der Waals surface area contributed by atoms with Gasteiger partial charge in [-0.15, -0.1) is 0 Å². The molecule has 0 aliphatic rings. The molecule has 0 aliphatic carbocycles. The summed E-state index contributed by atoms with van der Waals surface area (Å²) in [6, 6.07) is 23.9. The largest absolute Gasteiger partial charge is 0.490 e. The quantitative estimate of drug-likeness (QED) is 0.371. The smallest absolute Gasteiger partial charge is 0.377 e. The lowest BCUT2D eigenvalue weighted by atomic mass is 10.1. The number of carboxylic acids is 1. The zero-order valence-electron chi connectivity index (χ0n) is 14.5. The number of rotatable bonds is 8. The first-order chi connectivity index (χ1) is 13.1. The fourth-order valence-electron chi connectivity index (χ4n) is 2.52. The number of carbonyl (C=O) groups excluding carboxylic acids is 1.